The molecule has 0 saturated heterocycles. The zero-order chi connectivity index (χ0) is 11.1. The Hall–Kier alpha value is -1.42. The van der Waals surface area contributed by atoms with Gasteiger partial charge in [0.05, 0.1) is 0 Å². The molecule has 1 unspecified atom stereocenters. The van der Waals surface area contributed by atoms with E-state index >= 15 is 0 Å². The van der Waals surface area contributed by atoms with Crippen molar-refractivity contribution in [3.63, 3.8) is 0 Å². The van der Waals surface area contributed by atoms with E-state index in [2.05, 4.69) is 16.1 Å². The Morgan fingerprint density at radius 2 is 2.31 bits per heavy atom. The van der Waals surface area contributed by atoms with Crippen LogP contribution in [-0.2, 0) is 6.42 Å². The molecule has 0 spiro atoms. The molecule has 0 aromatic carbocycles. The molecule has 0 amide bonds. The van der Waals surface area contributed by atoms with E-state index in [4.69, 9.17) is 5.73 Å². The van der Waals surface area contributed by atoms with Crippen molar-refractivity contribution >= 4 is 5.65 Å². The molecule has 16 heavy (non-hydrogen) atoms. The topological polar surface area (TPSA) is 56.2 Å². The van der Waals surface area contributed by atoms with Crippen molar-refractivity contribution in [1.82, 2.24) is 14.6 Å². The molecule has 2 N–H and O–H groups in total. The van der Waals surface area contributed by atoms with Crippen LogP contribution >= 0.6 is 0 Å². The fraction of sp³-hybridized carbons (Fsp3) is 0.500. The Balaban J connectivity index is 1.96. The largest absolute Gasteiger partial charge is 0.328 e. The standard InChI is InChI=1S/C12H16N4/c1-8(13)6-9-2-5-11-14-12(10-3-4-10)15-16(11)7-9/h2,5,7-8,10H,3-4,6,13H2,1H3. The number of fused-ring (bicyclic) bond motifs is 1. The van der Waals surface area contributed by atoms with Gasteiger partial charge in [0, 0.05) is 18.2 Å². The first-order valence-corrected chi connectivity index (χ1v) is 5.83. The first-order valence-electron chi connectivity index (χ1n) is 5.83. The number of hydrogen-bond acceptors (Lipinski definition) is 3. The minimum absolute atomic E-state index is 0.184. The van der Waals surface area contributed by atoms with Gasteiger partial charge in [-0.1, -0.05) is 6.07 Å². The lowest BCUT2D eigenvalue weighted by atomic mass is 10.1. The van der Waals surface area contributed by atoms with Crippen molar-refractivity contribution in [2.24, 2.45) is 5.73 Å². The molecule has 1 aliphatic carbocycles. The van der Waals surface area contributed by atoms with Gasteiger partial charge in [-0.15, -0.1) is 0 Å². The van der Waals surface area contributed by atoms with E-state index in [0.29, 0.717) is 5.92 Å². The second kappa shape index (κ2) is 3.56. The molecule has 0 bridgehead atoms. The first-order chi connectivity index (χ1) is 7.72. The maximum atomic E-state index is 5.79. The van der Waals surface area contributed by atoms with Gasteiger partial charge < -0.3 is 5.73 Å². The summed E-state index contributed by atoms with van der Waals surface area (Å²) in [6.45, 7) is 2.02. The lowest BCUT2D eigenvalue weighted by Crippen LogP contribution is -2.17. The lowest BCUT2D eigenvalue weighted by molar-refractivity contribution is 0.731. The molecule has 2 heterocycles. The van der Waals surface area contributed by atoms with E-state index in [9.17, 15) is 0 Å². The molecule has 2 aromatic rings. The molecule has 1 atom stereocenters. The van der Waals surface area contributed by atoms with Crippen LogP contribution in [0.15, 0.2) is 18.3 Å². The van der Waals surface area contributed by atoms with Gasteiger partial charge in [-0.2, -0.15) is 5.10 Å². The van der Waals surface area contributed by atoms with Crippen LogP contribution in [-0.4, -0.2) is 20.6 Å². The molecule has 1 aliphatic rings. The molecule has 4 nitrogen and oxygen atoms in total. The van der Waals surface area contributed by atoms with E-state index in [1.807, 2.05) is 23.7 Å². The predicted octanol–water partition coefficient (Wildman–Crippen LogP) is 1.50. The lowest BCUT2D eigenvalue weighted by Gasteiger charge is -2.04. The second-order valence-electron chi connectivity index (χ2n) is 4.77. The molecule has 1 saturated carbocycles. The van der Waals surface area contributed by atoms with Crippen molar-refractivity contribution in [3.8, 4) is 0 Å². The third-order valence-electron chi connectivity index (χ3n) is 2.91. The fourth-order valence-electron chi connectivity index (χ4n) is 1.95. The number of nitrogens with two attached hydrogens (primary N) is 1. The Labute approximate surface area is 94.5 Å². The van der Waals surface area contributed by atoms with Gasteiger partial charge in [-0.3, -0.25) is 0 Å². The maximum absolute atomic E-state index is 5.79. The fourth-order valence-corrected chi connectivity index (χ4v) is 1.95. The summed E-state index contributed by atoms with van der Waals surface area (Å²) >= 11 is 0. The monoisotopic (exact) mass is 216 g/mol. The van der Waals surface area contributed by atoms with Gasteiger partial charge in [0.2, 0.25) is 0 Å². The molecular weight excluding hydrogens is 200 g/mol. The highest BCUT2D eigenvalue weighted by Crippen LogP contribution is 2.38. The average molecular weight is 216 g/mol. The summed E-state index contributed by atoms with van der Waals surface area (Å²) in [5.74, 6) is 1.61. The molecule has 0 aliphatic heterocycles. The third-order valence-corrected chi connectivity index (χ3v) is 2.91. The van der Waals surface area contributed by atoms with E-state index < -0.39 is 0 Å². The van der Waals surface area contributed by atoms with E-state index in [1.165, 1.54) is 18.4 Å². The van der Waals surface area contributed by atoms with Gasteiger partial charge in [-0.25, -0.2) is 9.50 Å². The molecular formula is C12H16N4. The third kappa shape index (κ3) is 1.80. The quantitative estimate of drug-likeness (QED) is 0.845. The summed E-state index contributed by atoms with van der Waals surface area (Å²) in [6, 6.07) is 4.30. The first kappa shape index (κ1) is 9.78. The van der Waals surface area contributed by atoms with Crippen molar-refractivity contribution < 1.29 is 0 Å². The average Bonchev–Trinajstić information content (AvgIpc) is 2.98. The van der Waals surface area contributed by atoms with Crippen molar-refractivity contribution in [1.29, 1.82) is 0 Å². The SMILES string of the molecule is CC(N)Cc1ccc2nc(C3CC3)nn2c1. The highest BCUT2D eigenvalue weighted by molar-refractivity contribution is 5.39. The maximum Gasteiger partial charge on any atom is 0.155 e. The van der Waals surface area contributed by atoms with Crippen LogP contribution in [0, 0.1) is 0 Å². The van der Waals surface area contributed by atoms with Crippen LogP contribution in [0.3, 0.4) is 0 Å². The summed E-state index contributed by atoms with van der Waals surface area (Å²) in [5.41, 5.74) is 7.94. The Kier molecular flexibility index (Phi) is 2.17. The summed E-state index contributed by atoms with van der Waals surface area (Å²) in [6.07, 6.45) is 5.40. The summed E-state index contributed by atoms with van der Waals surface area (Å²) < 4.78 is 1.88. The molecule has 0 radical (unpaired) electrons. The second-order valence-corrected chi connectivity index (χ2v) is 4.77. The highest BCUT2D eigenvalue weighted by atomic mass is 15.3. The minimum Gasteiger partial charge on any atom is -0.328 e. The summed E-state index contributed by atoms with van der Waals surface area (Å²) in [7, 11) is 0. The van der Waals surface area contributed by atoms with Crippen molar-refractivity contribution in [2.75, 3.05) is 0 Å². The predicted molar refractivity (Wildman–Crippen MR) is 62.3 cm³/mol. The van der Waals surface area contributed by atoms with Crippen LogP contribution in [0.5, 0.6) is 0 Å². The molecule has 1 fully saturated rings. The molecule has 84 valence electrons. The highest BCUT2D eigenvalue weighted by Gasteiger charge is 2.27. The Morgan fingerprint density at radius 1 is 1.50 bits per heavy atom. The Bertz CT molecular complexity index is 511. The zero-order valence-electron chi connectivity index (χ0n) is 9.43. The van der Waals surface area contributed by atoms with Gasteiger partial charge in [0.1, 0.15) is 0 Å². The minimum atomic E-state index is 0.184. The van der Waals surface area contributed by atoms with Gasteiger partial charge in [0.15, 0.2) is 11.5 Å². The number of nitrogens with zero attached hydrogens (tertiary/aromatic N) is 3. The number of rotatable bonds is 3. The van der Waals surface area contributed by atoms with Crippen LogP contribution < -0.4 is 5.73 Å². The van der Waals surface area contributed by atoms with Crippen LogP contribution in [0.2, 0.25) is 0 Å². The van der Waals surface area contributed by atoms with E-state index in [1.54, 1.807) is 0 Å². The van der Waals surface area contributed by atoms with Crippen LogP contribution in [0.4, 0.5) is 0 Å². The number of hydrogen-bond donors (Lipinski definition) is 1. The number of pyridine rings is 1. The van der Waals surface area contributed by atoms with Crippen molar-refractivity contribution in [2.45, 2.75) is 38.1 Å². The van der Waals surface area contributed by atoms with Crippen LogP contribution in [0.25, 0.3) is 5.65 Å². The molecule has 4 heteroatoms. The molecule has 3 rings (SSSR count). The van der Waals surface area contributed by atoms with E-state index in [-0.39, 0.29) is 6.04 Å². The smallest absolute Gasteiger partial charge is 0.155 e. The number of aromatic nitrogens is 3. The van der Waals surface area contributed by atoms with E-state index in [0.717, 1.165) is 17.9 Å². The normalized spacial score (nSPS) is 17.9. The van der Waals surface area contributed by atoms with Gasteiger partial charge in [0.25, 0.3) is 0 Å². The van der Waals surface area contributed by atoms with Crippen molar-refractivity contribution in [3.05, 3.63) is 29.7 Å². The van der Waals surface area contributed by atoms with Crippen LogP contribution in [0.1, 0.15) is 37.1 Å². The summed E-state index contributed by atoms with van der Waals surface area (Å²) in [5, 5.41) is 4.51. The zero-order valence-corrected chi connectivity index (χ0v) is 9.43. The molecule has 2 aromatic heterocycles. The van der Waals surface area contributed by atoms with Gasteiger partial charge >= 0.3 is 0 Å². The summed E-state index contributed by atoms with van der Waals surface area (Å²) in [4.78, 5) is 4.52. The Morgan fingerprint density at radius 3 is 3.00 bits per heavy atom. The van der Waals surface area contributed by atoms with Gasteiger partial charge in [-0.05, 0) is 37.8 Å².